The number of hydrogen-bond donors (Lipinski definition) is 0. The van der Waals surface area contributed by atoms with Gasteiger partial charge < -0.3 is 14.4 Å². The van der Waals surface area contributed by atoms with Gasteiger partial charge in [0.25, 0.3) is 0 Å². The maximum absolute atomic E-state index is 12.1. The monoisotopic (exact) mass is 284 g/mol. The van der Waals surface area contributed by atoms with E-state index in [0.29, 0.717) is 12.1 Å². The number of methoxy groups -OCH3 is 1. The third kappa shape index (κ3) is 4.09. The summed E-state index contributed by atoms with van der Waals surface area (Å²) < 4.78 is 10.8. The largest absolute Gasteiger partial charge is 0.444 e. The summed E-state index contributed by atoms with van der Waals surface area (Å²) in [6.45, 7) is 9.49. The Morgan fingerprint density at radius 1 is 1.10 bits per heavy atom. The van der Waals surface area contributed by atoms with Crippen molar-refractivity contribution in [2.45, 2.75) is 57.8 Å². The molecule has 5 heteroatoms. The average molecular weight is 284 g/mol. The first kappa shape index (κ1) is 15.6. The standard InChI is InChI=1S/C15H28N2O3/c1-15(2,3)20-14(18)17-8-5-12(11-17)16-9-6-13(19-4)7-10-16/h12-13H,5-11H2,1-4H3/t12-/m1/s1. The van der Waals surface area contributed by atoms with Gasteiger partial charge in [0.15, 0.2) is 0 Å². The van der Waals surface area contributed by atoms with Crippen molar-refractivity contribution >= 4 is 6.09 Å². The van der Waals surface area contributed by atoms with Gasteiger partial charge in [0.1, 0.15) is 5.60 Å². The molecule has 0 saturated carbocycles. The van der Waals surface area contributed by atoms with Crippen LogP contribution in [0.2, 0.25) is 0 Å². The minimum atomic E-state index is -0.411. The van der Waals surface area contributed by atoms with Gasteiger partial charge in [-0.1, -0.05) is 0 Å². The Labute approximate surface area is 122 Å². The molecule has 116 valence electrons. The smallest absolute Gasteiger partial charge is 0.410 e. The minimum Gasteiger partial charge on any atom is -0.444 e. The fourth-order valence-electron chi connectivity index (χ4n) is 3.01. The number of nitrogens with zero attached hydrogens (tertiary/aromatic N) is 2. The summed E-state index contributed by atoms with van der Waals surface area (Å²) in [6, 6.07) is 0.486. The van der Waals surface area contributed by atoms with E-state index in [4.69, 9.17) is 9.47 Å². The lowest BCUT2D eigenvalue weighted by molar-refractivity contribution is 0.0199. The highest BCUT2D eigenvalue weighted by Crippen LogP contribution is 2.22. The minimum absolute atomic E-state index is 0.174. The molecule has 0 N–H and O–H groups in total. The van der Waals surface area contributed by atoms with E-state index in [2.05, 4.69) is 4.90 Å². The molecule has 0 aromatic rings. The fraction of sp³-hybridized carbons (Fsp3) is 0.933. The highest BCUT2D eigenvalue weighted by Gasteiger charge is 2.34. The SMILES string of the molecule is COC1CCN([C@@H]2CCN(C(=O)OC(C)(C)C)C2)CC1. The zero-order valence-electron chi connectivity index (χ0n) is 13.2. The Hall–Kier alpha value is -0.810. The molecule has 0 bridgehead atoms. The summed E-state index contributed by atoms with van der Waals surface area (Å²) in [7, 11) is 1.79. The Kier molecular flexibility index (Phi) is 4.91. The quantitative estimate of drug-likeness (QED) is 0.779. The van der Waals surface area contributed by atoms with Crippen LogP contribution in [0.3, 0.4) is 0 Å². The van der Waals surface area contributed by atoms with Crippen LogP contribution in [-0.2, 0) is 9.47 Å². The first-order valence-electron chi connectivity index (χ1n) is 7.64. The lowest BCUT2D eigenvalue weighted by Crippen LogP contribution is -2.45. The third-order valence-electron chi connectivity index (χ3n) is 4.14. The number of likely N-dealkylation sites (tertiary alicyclic amines) is 2. The van der Waals surface area contributed by atoms with Gasteiger partial charge in [-0.2, -0.15) is 0 Å². The number of amides is 1. The van der Waals surface area contributed by atoms with Gasteiger partial charge in [-0.05, 0) is 40.0 Å². The number of ether oxygens (including phenoxy) is 2. The van der Waals surface area contributed by atoms with Crippen molar-refractivity contribution in [1.82, 2.24) is 9.80 Å². The molecule has 2 heterocycles. The molecular formula is C15H28N2O3. The topological polar surface area (TPSA) is 42.0 Å². The zero-order chi connectivity index (χ0) is 14.8. The maximum atomic E-state index is 12.1. The molecule has 0 aromatic heterocycles. The fourth-order valence-corrected chi connectivity index (χ4v) is 3.01. The van der Waals surface area contributed by atoms with Gasteiger partial charge >= 0.3 is 6.09 Å². The van der Waals surface area contributed by atoms with E-state index >= 15 is 0 Å². The molecule has 0 radical (unpaired) electrons. The van der Waals surface area contributed by atoms with Crippen LogP contribution in [0, 0.1) is 0 Å². The summed E-state index contributed by atoms with van der Waals surface area (Å²) in [5.41, 5.74) is -0.411. The van der Waals surface area contributed by atoms with Crippen LogP contribution >= 0.6 is 0 Å². The number of carbonyl (C=O) groups is 1. The van der Waals surface area contributed by atoms with Crippen molar-refractivity contribution in [3.63, 3.8) is 0 Å². The van der Waals surface area contributed by atoms with Crippen LogP contribution in [0.5, 0.6) is 0 Å². The molecule has 2 aliphatic heterocycles. The van der Waals surface area contributed by atoms with Gasteiger partial charge in [0, 0.05) is 39.3 Å². The predicted molar refractivity (Wildman–Crippen MR) is 77.8 cm³/mol. The molecule has 0 spiro atoms. The molecule has 0 unspecified atom stereocenters. The molecule has 2 fully saturated rings. The van der Waals surface area contributed by atoms with Crippen LogP contribution < -0.4 is 0 Å². The van der Waals surface area contributed by atoms with Crippen molar-refractivity contribution in [3.8, 4) is 0 Å². The van der Waals surface area contributed by atoms with E-state index in [1.165, 1.54) is 0 Å². The zero-order valence-corrected chi connectivity index (χ0v) is 13.2. The lowest BCUT2D eigenvalue weighted by atomic mass is 10.1. The summed E-state index contributed by atoms with van der Waals surface area (Å²) in [5, 5.41) is 0. The molecule has 20 heavy (non-hydrogen) atoms. The highest BCUT2D eigenvalue weighted by molar-refractivity contribution is 5.68. The van der Waals surface area contributed by atoms with Gasteiger partial charge in [0.05, 0.1) is 6.10 Å². The van der Waals surface area contributed by atoms with E-state index < -0.39 is 5.60 Å². The van der Waals surface area contributed by atoms with Gasteiger partial charge in [0.2, 0.25) is 0 Å². The van der Waals surface area contributed by atoms with Crippen LogP contribution in [-0.4, -0.2) is 66.9 Å². The molecular weight excluding hydrogens is 256 g/mol. The van der Waals surface area contributed by atoms with E-state index in [9.17, 15) is 4.79 Å². The first-order valence-corrected chi connectivity index (χ1v) is 7.64. The second-order valence-corrected chi connectivity index (χ2v) is 6.84. The molecule has 2 rings (SSSR count). The Balaban J connectivity index is 1.79. The number of piperidine rings is 1. The molecule has 5 nitrogen and oxygen atoms in total. The first-order chi connectivity index (χ1) is 9.39. The molecule has 1 amide bonds. The van der Waals surface area contributed by atoms with Crippen molar-refractivity contribution in [2.75, 3.05) is 33.3 Å². The molecule has 2 saturated heterocycles. The lowest BCUT2D eigenvalue weighted by Gasteiger charge is -2.35. The third-order valence-corrected chi connectivity index (χ3v) is 4.14. The van der Waals surface area contributed by atoms with E-state index in [-0.39, 0.29) is 6.09 Å². The molecule has 1 atom stereocenters. The second kappa shape index (κ2) is 6.31. The van der Waals surface area contributed by atoms with Gasteiger partial charge in [-0.25, -0.2) is 4.79 Å². The van der Waals surface area contributed by atoms with Crippen molar-refractivity contribution < 1.29 is 14.3 Å². The van der Waals surface area contributed by atoms with E-state index in [1.54, 1.807) is 7.11 Å². The van der Waals surface area contributed by atoms with E-state index in [1.807, 2.05) is 25.7 Å². The highest BCUT2D eigenvalue weighted by atomic mass is 16.6. The Morgan fingerprint density at radius 3 is 2.30 bits per heavy atom. The maximum Gasteiger partial charge on any atom is 0.410 e. The summed E-state index contributed by atoms with van der Waals surface area (Å²) in [5.74, 6) is 0. The van der Waals surface area contributed by atoms with Crippen LogP contribution in [0.1, 0.15) is 40.0 Å². The summed E-state index contributed by atoms with van der Waals surface area (Å²) >= 11 is 0. The van der Waals surface area contributed by atoms with Crippen molar-refractivity contribution in [1.29, 1.82) is 0 Å². The van der Waals surface area contributed by atoms with Crippen LogP contribution in [0.15, 0.2) is 0 Å². The van der Waals surface area contributed by atoms with Crippen molar-refractivity contribution in [2.24, 2.45) is 0 Å². The van der Waals surface area contributed by atoms with Crippen molar-refractivity contribution in [3.05, 3.63) is 0 Å². The summed E-state index contributed by atoms with van der Waals surface area (Å²) in [6.07, 6.45) is 3.48. The predicted octanol–water partition coefficient (Wildman–Crippen LogP) is 2.11. The molecule has 0 aliphatic carbocycles. The Bertz CT molecular complexity index is 333. The van der Waals surface area contributed by atoms with Gasteiger partial charge in [-0.15, -0.1) is 0 Å². The molecule has 2 aliphatic rings. The number of carbonyl (C=O) groups excluding carboxylic acids is 1. The Morgan fingerprint density at radius 2 is 1.75 bits per heavy atom. The normalized spacial score (nSPS) is 26.0. The van der Waals surface area contributed by atoms with Crippen LogP contribution in [0.4, 0.5) is 4.79 Å². The van der Waals surface area contributed by atoms with Gasteiger partial charge in [-0.3, -0.25) is 4.90 Å². The average Bonchev–Trinajstić information content (AvgIpc) is 2.86. The van der Waals surface area contributed by atoms with E-state index in [0.717, 1.165) is 45.4 Å². The second-order valence-electron chi connectivity index (χ2n) is 6.84. The molecule has 0 aromatic carbocycles. The van der Waals surface area contributed by atoms with Crippen LogP contribution in [0.25, 0.3) is 0 Å². The number of rotatable bonds is 2. The summed E-state index contributed by atoms with van der Waals surface area (Å²) in [4.78, 5) is 16.4. The number of hydrogen-bond acceptors (Lipinski definition) is 4.